The summed E-state index contributed by atoms with van der Waals surface area (Å²) >= 11 is 12.7. The Balaban J connectivity index is 2.11. The second kappa shape index (κ2) is 7.02. The smallest absolute Gasteiger partial charge is 0.0468 e. The number of hydrogen-bond acceptors (Lipinski definition) is 2. The lowest BCUT2D eigenvalue weighted by Gasteiger charge is -2.35. The SMILES string of the molecule is CCN1Cc2c(Cl)cc(Cl)cc2C(c2cccc(SCl)c2)C1. The minimum absolute atomic E-state index is 0.267. The Morgan fingerprint density at radius 3 is 2.77 bits per heavy atom. The molecule has 1 heterocycles. The van der Waals surface area contributed by atoms with Gasteiger partial charge in [0.2, 0.25) is 0 Å². The first kappa shape index (κ1) is 16.5. The van der Waals surface area contributed by atoms with Crippen LogP contribution in [0, 0.1) is 0 Å². The van der Waals surface area contributed by atoms with E-state index in [1.807, 2.05) is 12.1 Å². The molecule has 0 amide bonds. The maximum Gasteiger partial charge on any atom is 0.0468 e. The third kappa shape index (κ3) is 3.27. The molecule has 22 heavy (non-hydrogen) atoms. The Morgan fingerprint density at radius 1 is 1.23 bits per heavy atom. The summed E-state index contributed by atoms with van der Waals surface area (Å²) in [6.07, 6.45) is 0. The highest BCUT2D eigenvalue weighted by Gasteiger charge is 2.28. The molecule has 0 aliphatic carbocycles. The predicted octanol–water partition coefficient (Wildman–Crippen LogP) is 6.21. The van der Waals surface area contributed by atoms with Gasteiger partial charge in [0.1, 0.15) is 0 Å². The number of rotatable bonds is 3. The van der Waals surface area contributed by atoms with Crippen LogP contribution in [0.4, 0.5) is 0 Å². The van der Waals surface area contributed by atoms with E-state index in [-0.39, 0.29) is 5.92 Å². The Kier molecular flexibility index (Phi) is 5.26. The van der Waals surface area contributed by atoms with E-state index in [2.05, 4.69) is 36.1 Å². The van der Waals surface area contributed by atoms with Crippen molar-refractivity contribution in [3.63, 3.8) is 0 Å². The zero-order valence-corrected chi connectivity index (χ0v) is 15.2. The second-order valence-electron chi connectivity index (χ2n) is 5.49. The molecule has 0 bridgehead atoms. The zero-order chi connectivity index (χ0) is 15.7. The van der Waals surface area contributed by atoms with E-state index < -0.39 is 0 Å². The quantitative estimate of drug-likeness (QED) is 0.630. The molecule has 1 aliphatic rings. The van der Waals surface area contributed by atoms with Gasteiger partial charge in [-0.05, 0) is 69.2 Å². The van der Waals surface area contributed by atoms with Crippen molar-refractivity contribution >= 4 is 44.9 Å². The van der Waals surface area contributed by atoms with Crippen molar-refractivity contribution in [1.29, 1.82) is 0 Å². The lowest BCUT2D eigenvalue weighted by atomic mass is 9.84. The summed E-state index contributed by atoms with van der Waals surface area (Å²) in [6, 6.07) is 12.3. The highest BCUT2D eigenvalue weighted by molar-refractivity contribution is 8.21. The molecular weight excluding hydrogens is 357 g/mol. The van der Waals surface area contributed by atoms with Gasteiger partial charge in [-0.3, -0.25) is 4.90 Å². The maximum atomic E-state index is 6.44. The molecule has 0 saturated heterocycles. The monoisotopic (exact) mass is 371 g/mol. The minimum Gasteiger partial charge on any atom is -0.298 e. The van der Waals surface area contributed by atoms with Gasteiger partial charge in [0, 0.05) is 33.9 Å². The van der Waals surface area contributed by atoms with Crippen molar-refractivity contribution in [2.75, 3.05) is 13.1 Å². The highest BCUT2D eigenvalue weighted by Crippen LogP contribution is 2.39. The van der Waals surface area contributed by atoms with Crippen molar-refractivity contribution < 1.29 is 0 Å². The summed E-state index contributed by atoms with van der Waals surface area (Å²) in [7, 11) is 7.16. The molecule has 2 aromatic carbocycles. The van der Waals surface area contributed by atoms with Crippen molar-refractivity contribution in [3.8, 4) is 0 Å². The average Bonchev–Trinajstić information content (AvgIpc) is 2.54. The van der Waals surface area contributed by atoms with Gasteiger partial charge in [0.05, 0.1) is 0 Å². The first-order valence-electron chi connectivity index (χ1n) is 7.21. The van der Waals surface area contributed by atoms with Crippen LogP contribution in [0.5, 0.6) is 0 Å². The standard InChI is InChI=1S/C17H16Cl3NS/c1-2-21-9-15(11-4-3-5-13(6-11)22-20)14-7-12(18)8-17(19)16(14)10-21/h3-8,15H,2,9-10H2,1H3. The molecule has 0 saturated carbocycles. The van der Waals surface area contributed by atoms with Crippen LogP contribution < -0.4 is 0 Å². The largest absolute Gasteiger partial charge is 0.298 e. The molecule has 5 heteroatoms. The van der Waals surface area contributed by atoms with Crippen LogP contribution in [0.25, 0.3) is 0 Å². The topological polar surface area (TPSA) is 3.24 Å². The van der Waals surface area contributed by atoms with Gasteiger partial charge in [0.25, 0.3) is 0 Å². The first-order valence-corrected chi connectivity index (χ1v) is 9.61. The zero-order valence-electron chi connectivity index (χ0n) is 12.2. The van der Waals surface area contributed by atoms with Crippen LogP contribution >= 0.6 is 44.9 Å². The third-order valence-electron chi connectivity index (χ3n) is 4.19. The van der Waals surface area contributed by atoms with Gasteiger partial charge in [-0.15, -0.1) is 0 Å². The summed E-state index contributed by atoms with van der Waals surface area (Å²) in [5.74, 6) is 0.267. The molecule has 0 fully saturated rings. The number of hydrogen-bond donors (Lipinski definition) is 0. The van der Waals surface area contributed by atoms with Crippen LogP contribution in [0.15, 0.2) is 41.3 Å². The molecule has 0 aromatic heterocycles. The van der Waals surface area contributed by atoms with E-state index in [4.69, 9.17) is 33.9 Å². The van der Waals surface area contributed by atoms with E-state index in [1.54, 1.807) is 0 Å². The summed E-state index contributed by atoms with van der Waals surface area (Å²) in [4.78, 5) is 3.47. The summed E-state index contributed by atoms with van der Waals surface area (Å²) in [6.45, 7) is 5.02. The molecule has 0 N–H and O–H groups in total. The second-order valence-corrected chi connectivity index (χ2v) is 7.42. The van der Waals surface area contributed by atoms with Gasteiger partial charge in [0.15, 0.2) is 0 Å². The van der Waals surface area contributed by atoms with Crippen molar-refractivity contribution in [1.82, 2.24) is 4.90 Å². The fraction of sp³-hybridized carbons (Fsp3) is 0.294. The summed E-state index contributed by atoms with van der Waals surface area (Å²) in [5, 5.41) is 1.45. The molecule has 3 rings (SSSR count). The lowest BCUT2D eigenvalue weighted by Crippen LogP contribution is -2.34. The summed E-state index contributed by atoms with van der Waals surface area (Å²) in [5.41, 5.74) is 3.68. The van der Waals surface area contributed by atoms with E-state index >= 15 is 0 Å². The van der Waals surface area contributed by atoms with E-state index in [9.17, 15) is 0 Å². The number of benzene rings is 2. The van der Waals surface area contributed by atoms with Crippen LogP contribution in [-0.4, -0.2) is 18.0 Å². The van der Waals surface area contributed by atoms with Crippen LogP contribution in [0.3, 0.4) is 0 Å². The Labute approximate surface area is 150 Å². The molecule has 1 nitrogen and oxygen atoms in total. The number of halogens is 3. The van der Waals surface area contributed by atoms with E-state index in [0.717, 1.165) is 29.6 Å². The van der Waals surface area contributed by atoms with Gasteiger partial charge >= 0.3 is 0 Å². The first-order chi connectivity index (χ1) is 10.6. The van der Waals surface area contributed by atoms with Crippen LogP contribution in [-0.2, 0) is 6.54 Å². The Hall–Kier alpha value is -0.380. The maximum absolute atomic E-state index is 6.44. The number of likely N-dealkylation sites (N-methyl/N-ethyl adjacent to an activating group) is 1. The van der Waals surface area contributed by atoms with Gasteiger partial charge < -0.3 is 0 Å². The molecule has 1 unspecified atom stereocenters. The van der Waals surface area contributed by atoms with E-state index in [1.165, 1.54) is 27.7 Å². The van der Waals surface area contributed by atoms with Crippen molar-refractivity contribution in [3.05, 3.63) is 63.1 Å². The van der Waals surface area contributed by atoms with Crippen LogP contribution in [0.2, 0.25) is 10.0 Å². The average molecular weight is 373 g/mol. The fourth-order valence-electron chi connectivity index (χ4n) is 3.05. The molecular formula is C17H16Cl3NS. The molecule has 2 aromatic rings. The van der Waals surface area contributed by atoms with E-state index in [0.29, 0.717) is 5.02 Å². The normalized spacial score (nSPS) is 18.3. The minimum atomic E-state index is 0.267. The lowest BCUT2D eigenvalue weighted by molar-refractivity contribution is 0.253. The number of nitrogens with zero attached hydrogens (tertiary/aromatic N) is 1. The molecule has 0 radical (unpaired) electrons. The molecule has 0 spiro atoms. The molecule has 116 valence electrons. The Morgan fingerprint density at radius 2 is 2.05 bits per heavy atom. The molecule has 1 aliphatic heterocycles. The van der Waals surface area contributed by atoms with Gasteiger partial charge in [-0.1, -0.05) is 42.3 Å². The van der Waals surface area contributed by atoms with Crippen molar-refractivity contribution in [2.45, 2.75) is 24.3 Å². The van der Waals surface area contributed by atoms with Gasteiger partial charge in [-0.25, -0.2) is 0 Å². The fourth-order valence-corrected chi connectivity index (χ4v) is 4.22. The predicted molar refractivity (Wildman–Crippen MR) is 97.4 cm³/mol. The molecule has 1 atom stereocenters. The number of fused-ring (bicyclic) bond motifs is 1. The summed E-state index contributed by atoms with van der Waals surface area (Å²) < 4.78 is 0. The Bertz CT molecular complexity index is 690. The highest BCUT2D eigenvalue weighted by atomic mass is 35.7. The third-order valence-corrected chi connectivity index (χ3v) is 5.71. The van der Waals surface area contributed by atoms with Gasteiger partial charge in [-0.2, -0.15) is 0 Å². The van der Waals surface area contributed by atoms with Crippen molar-refractivity contribution in [2.24, 2.45) is 0 Å². The van der Waals surface area contributed by atoms with Crippen LogP contribution in [0.1, 0.15) is 29.5 Å².